The lowest BCUT2D eigenvalue weighted by Crippen LogP contribution is -2.28. The molecule has 0 saturated carbocycles. The summed E-state index contributed by atoms with van der Waals surface area (Å²) in [5, 5.41) is 4.28. The van der Waals surface area contributed by atoms with Gasteiger partial charge in [-0.15, -0.1) is 0 Å². The van der Waals surface area contributed by atoms with Crippen molar-refractivity contribution in [2.45, 2.75) is 31.4 Å². The number of Topliss-reactive ketones (excluding diaryl/α,β-unsaturated/α-hetero) is 1. The van der Waals surface area contributed by atoms with Crippen LogP contribution in [0.4, 0.5) is 0 Å². The third-order valence-corrected chi connectivity index (χ3v) is 5.40. The fourth-order valence-corrected chi connectivity index (χ4v) is 3.72. The maximum atomic E-state index is 12.4. The number of ether oxygens (including phenoxy) is 1. The van der Waals surface area contributed by atoms with Crippen LogP contribution in [0.3, 0.4) is 0 Å². The maximum Gasteiger partial charge on any atom is 0.240 e. The number of fused-ring (bicyclic) bond motifs is 1. The molecule has 0 amide bonds. The van der Waals surface area contributed by atoms with Crippen molar-refractivity contribution in [3.05, 3.63) is 47.3 Å². The molecule has 0 unspecified atom stereocenters. The van der Waals surface area contributed by atoms with E-state index >= 15 is 0 Å². The van der Waals surface area contributed by atoms with Gasteiger partial charge in [0, 0.05) is 29.8 Å². The summed E-state index contributed by atoms with van der Waals surface area (Å²) in [7, 11) is -3.66. The summed E-state index contributed by atoms with van der Waals surface area (Å²) >= 11 is 0. The van der Waals surface area contributed by atoms with Gasteiger partial charge >= 0.3 is 0 Å². The lowest BCUT2D eigenvalue weighted by Gasteiger charge is -2.15. The molecule has 0 spiro atoms. The molecule has 1 N–H and O–H groups in total. The van der Waals surface area contributed by atoms with Crippen molar-refractivity contribution in [3.8, 4) is 0 Å². The van der Waals surface area contributed by atoms with Gasteiger partial charge in [-0.25, -0.2) is 13.1 Å². The number of ketones is 1. The predicted octanol–water partition coefficient (Wildman–Crippen LogP) is 1.14. The van der Waals surface area contributed by atoms with E-state index in [2.05, 4.69) is 9.82 Å². The lowest BCUT2D eigenvalue weighted by atomic mass is 10.2. The van der Waals surface area contributed by atoms with E-state index in [4.69, 9.17) is 4.74 Å². The van der Waals surface area contributed by atoms with E-state index in [0.29, 0.717) is 25.3 Å². The van der Waals surface area contributed by atoms with Gasteiger partial charge in [0.25, 0.3) is 0 Å². The van der Waals surface area contributed by atoms with Gasteiger partial charge in [-0.1, -0.05) is 12.1 Å². The molecule has 24 heavy (non-hydrogen) atoms. The van der Waals surface area contributed by atoms with Crippen LogP contribution in [0.2, 0.25) is 0 Å². The summed E-state index contributed by atoms with van der Waals surface area (Å²) in [6.07, 6.45) is 2.54. The summed E-state index contributed by atoms with van der Waals surface area (Å²) in [5.74, 6) is -0.169. The second-order valence-corrected chi connectivity index (χ2v) is 7.39. The minimum atomic E-state index is -3.66. The first-order valence-corrected chi connectivity index (χ1v) is 9.17. The van der Waals surface area contributed by atoms with E-state index in [1.54, 1.807) is 18.3 Å². The van der Waals surface area contributed by atoms with Crippen LogP contribution in [-0.4, -0.2) is 37.1 Å². The van der Waals surface area contributed by atoms with Crippen LogP contribution in [0.15, 0.2) is 35.4 Å². The third-order valence-electron chi connectivity index (χ3n) is 3.94. The van der Waals surface area contributed by atoms with Gasteiger partial charge in [0.15, 0.2) is 5.78 Å². The van der Waals surface area contributed by atoms with Crippen molar-refractivity contribution in [3.63, 3.8) is 0 Å². The van der Waals surface area contributed by atoms with E-state index in [9.17, 15) is 13.2 Å². The number of carbonyl (C=O) groups excluding carboxylic acids is 1. The molecule has 2 aromatic rings. The Morgan fingerprint density at radius 1 is 1.42 bits per heavy atom. The molecule has 128 valence electrons. The summed E-state index contributed by atoms with van der Waals surface area (Å²) < 4.78 is 34.4. The minimum absolute atomic E-state index is 0.0890. The molecule has 0 aliphatic carbocycles. The minimum Gasteiger partial charge on any atom is -0.376 e. The molecule has 7 nitrogen and oxygen atoms in total. The average molecular weight is 349 g/mol. The molecule has 0 radical (unpaired) electrons. The topological polar surface area (TPSA) is 90.3 Å². The quantitative estimate of drug-likeness (QED) is 0.790. The Kier molecular flexibility index (Phi) is 4.79. The van der Waals surface area contributed by atoms with E-state index < -0.39 is 10.0 Å². The number of sulfonamides is 1. The van der Waals surface area contributed by atoms with E-state index in [0.717, 1.165) is 17.7 Å². The largest absolute Gasteiger partial charge is 0.376 e. The van der Waals surface area contributed by atoms with E-state index in [1.807, 2.05) is 4.68 Å². The number of nitrogens with one attached hydrogen (secondary N) is 1. The molecular weight excluding hydrogens is 330 g/mol. The first-order chi connectivity index (χ1) is 11.5. The van der Waals surface area contributed by atoms with Crippen molar-refractivity contribution in [2.75, 3.05) is 13.2 Å². The first-order valence-electron chi connectivity index (χ1n) is 7.69. The molecule has 1 aliphatic rings. The zero-order valence-corrected chi connectivity index (χ0v) is 14.2. The van der Waals surface area contributed by atoms with Crippen LogP contribution in [0.25, 0.3) is 0 Å². The van der Waals surface area contributed by atoms with Crippen molar-refractivity contribution < 1.29 is 17.9 Å². The van der Waals surface area contributed by atoms with Crippen molar-refractivity contribution >= 4 is 15.8 Å². The highest BCUT2D eigenvalue weighted by molar-refractivity contribution is 7.89. The van der Waals surface area contributed by atoms with Crippen molar-refractivity contribution in [2.24, 2.45) is 0 Å². The second kappa shape index (κ2) is 6.84. The molecule has 0 bridgehead atoms. The Morgan fingerprint density at radius 3 is 3.04 bits per heavy atom. The van der Waals surface area contributed by atoms with Crippen LogP contribution in [-0.2, 0) is 34.3 Å². The van der Waals surface area contributed by atoms with Crippen molar-refractivity contribution in [1.29, 1.82) is 0 Å². The maximum absolute atomic E-state index is 12.4. The van der Waals surface area contributed by atoms with Crippen LogP contribution in [0.1, 0.15) is 28.5 Å². The lowest BCUT2D eigenvalue weighted by molar-refractivity contribution is 0.101. The Labute approximate surface area is 140 Å². The number of nitrogens with zero attached hydrogens (tertiary/aromatic N) is 2. The monoisotopic (exact) mass is 349 g/mol. The number of aromatic nitrogens is 2. The van der Waals surface area contributed by atoms with Crippen molar-refractivity contribution in [1.82, 2.24) is 14.5 Å². The number of carbonyl (C=O) groups is 1. The Balaban J connectivity index is 1.66. The average Bonchev–Trinajstić information content (AvgIpc) is 2.98. The number of hydrogen-bond donors (Lipinski definition) is 1. The van der Waals surface area contributed by atoms with Crippen LogP contribution >= 0.6 is 0 Å². The Hall–Kier alpha value is -2.03. The second-order valence-electron chi connectivity index (χ2n) is 5.62. The summed E-state index contributed by atoms with van der Waals surface area (Å²) in [6.45, 7) is 3.29. The van der Waals surface area contributed by atoms with E-state index in [1.165, 1.54) is 19.1 Å². The highest BCUT2D eigenvalue weighted by Gasteiger charge is 2.17. The molecule has 2 heterocycles. The number of hydrogen-bond acceptors (Lipinski definition) is 5. The Morgan fingerprint density at radius 2 is 2.25 bits per heavy atom. The summed E-state index contributed by atoms with van der Waals surface area (Å²) in [5.41, 5.74) is 2.52. The van der Waals surface area contributed by atoms with Gasteiger partial charge < -0.3 is 4.74 Å². The molecule has 1 aromatic heterocycles. The summed E-state index contributed by atoms with van der Waals surface area (Å²) in [4.78, 5) is 11.5. The van der Waals surface area contributed by atoms with Gasteiger partial charge in [0.2, 0.25) is 10.0 Å². The van der Waals surface area contributed by atoms with Gasteiger partial charge in [-0.3, -0.25) is 9.48 Å². The molecule has 0 saturated heterocycles. The van der Waals surface area contributed by atoms with E-state index in [-0.39, 0.29) is 17.2 Å². The van der Waals surface area contributed by atoms with Gasteiger partial charge in [0.1, 0.15) is 0 Å². The molecule has 0 atom stereocenters. The molecule has 1 aliphatic heterocycles. The van der Waals surface area contributed by atoms with Gasteiger partial charge in [-0.05, 0) is 19.1 Å². The highest BCUT2D eigenvalue weighted by atomic mass is 32.2. The van der Waals surface area contributed by atoms with Crippen LogP contribution in [0, 0.1) is 0 Å². The molecule has 3 rings (SSSR count). The Bertz CT molecular complexity index is 858. The van der Waals surface area contributed by atoms with Gasteiger partial charge in [-0.2, -0.15) is 5.10 Å². The number of benzene rings is 1. The molecule has 8 heteroatoms. The zero-order chi connectivity index (χ0) is 17.2. The summed E-state index contributed by atoms with van der Waals surface area (Å²) in [6, 6.07) is 6.02. The molecule has 1 aromatic carbocycles. The third kappa shape index (κ3) is 3.55. The number of rotatable bonds is 6. The SMILES string of the molecule is CC(=O)c1cccc(S(=O)(=O)NCCn2ncc3c2CCOC3)c1. The highest BCUT2D eigenvalue weighted by Crippen LogP contribution is 2.16. The van der Waals surface area contributed by atoms with Crippen LogP contribution in [0.5, 0.6) is 0 Å². The van der Waals surface area contributed by atoms with Crippen LogP contribution < -0.4 is 4.72 Å². The smallest absolute Gasteiger partial charge is 0.240 e. The fourth-order valence-electron chi connectivity index (χ4n) is 2.65. The normalized spacial score (nSPS) is 14.4. The fraction of sp³-hybridized carbons (Fsp3) is 0.375. The standard InChI is InChI=1S/C16H19N3O4S/c1-12(20)13-3-2-4-15(9-13)24(21,22)18-6-7-19-16-5-8-23-11-14(16)10-17-19/h2-4,9-10,18H,5-8,11H2,1H3. The van der Waals surface area contributed by atoms with Gasteiger partial charge in [0.05, 0.1) is 30.9 Å². The first kappa shape index (κ1) is 16.8. The molecule has 0 fully saturated rings. The zero-order valence-electron chi connectivity index (χ0n) is 13.4. The predicted molar refractivity (Wildman–Crippen MR) is 87.2 cm³/mol. The molecular formula is C16H19N3O4S.